The van der Waals surface area contributed by atoms with Gasteiger partial charge in [0.25, 0.3) is 0 Å². The van der Waals surface area contributed by atoms with Crippen molar-refractivity contribution in [2.75, 3.05) is 55.7 Å². The van der Waals surface area contributed by atoms with Gasteiger partial charge in [-0.25, -0.2) is 9.78 Å². The molecule has 8 heteroatoms. The fraction of sp³-hybridized carbons (Fsp3) is 0.640. The molecule has 2 aromatic rings. The van der Waals surface area contributed by atoms with Crippen LogP contribution in [0.5, 0.6) is 0 Å². The highest BCUT2D eigenvalue weighted by molar-refractivity contribution is 5.90. The topological polar surface area (TPSA) is 79.8 Å². The fourth-order valence-electron chi connectivity index (χ4n) is 4.48. The van der Waals surface area contributed by atoms with E-state index in [1.807, 2.05) is 32.9 Å². The van der Waals surface area contributed by atoms with Crippen LogP contribution in [0.15, 0.2) is 24.3 Å². The van der Waals surface area contributed by atoms with Crippen LogP contribution in [0.25, 0.3) is 10.9 Å². The second kappa shape index (κ2) is 10.1. The molecular formula is C25H37N5O3. The van der Waals surface area contributed by atoms with Crippen LogP contribution in [0.1, 0.15) is 40.5 Å². The van der Waals surface area contributed by atoms with Gasteiger partial charge in [0.2, 0.25) is 5.95 Å². The summed E-state index contributed by atoms with van der Waals surface area (Å²) in [5.74, 6) is 2.67. The first kappa shape index (κ1) is 23.5. The largest absolute Gasteiger partial charge is 0.444 e. The zero-order chi connectivity index (χ0) is 23.4. The number of alkyl carbamates (subject to hydrolysis) is 1. The van der Waals surface area contributed by atoms with Gasteiger partial charge in [0.1, 0.15) is 11.4 Å². The maximum absolute atomic E-state index is 12.0. The number of carbonyl (C=O) groups excluding carboxylic acids is 1. The van der Waals surface area contributed by atoms with Crippen molar-refractivity contribution in [2.24, 2.45) is 11.8 Å². The lowest BCUT2D eigenvalue weighted by molar-refractivity contribution is 0.0517. The summed E-state index contributed by atoms with van der Waals surface area (Å²) in [6.45, 7) is 13.5. The monoisotopic (exact) mass is 455 g/mol. The van der Waals surface area contributed by atoms with Crippen LogP contribution in [0, 0.1) is 11.8 Å². The van der Waals surface area contributed by atoms with E-state index in [0.29, 0.717) is 25.0 Å². The van der Waals surface area contributed by atoms with E-state index in [0.717, 1.165) is 68.3 Å². The summed E-state index contributed by atoms with van der Waals surface area (Å²) in [5, 5.41) is 4.02. The first-order chi connectivity index (χ1) is 15.8. The van der Waals surface area contributed by atoms with Gasteiger partial charge in [-0.3, -0.25) is 0 Å². The van der Waals surface area contributed by atoms with Gasteiger partial charge in [-0.2, -0.15) is 4.98 Å². The number of amides is 1. The zero-order valence-electron chi connectivity index (χ0n) is 20.3. The Kier molecular flexibility index (Phi) is 7.22. The Bertz CT molecular complexity index is 953. The summed E-state index contributed by atoms with van der Waals surface area (Å²) in [6, 6.07) is 8.26. The highest BCUT2D eigenvalue weighted by atomic mass is 16.6. The Hall–Kier alpha value is -2.61. The zero-order valence-corrected chi connectivity index (χ0v) is 20.3. The molecule has 0 bridgehead atoms. The van der Waals surface area contributed by atoms with Crippen LogP contribution in [0.3, 0.4) is 0 Å². The molecule has 2 aliphatic rings. The van der Waals surface area contributed by atoms with Gasteiger partial charge in [0.15, 0.2) is 0 Å². The minimum absolute atomic E-state index is 0.341. The van der Waals surface area contributed by atoms with Crippen LogP contribution in [0.4, 0.5) is 16.6 Å². The number of anilines is 2. The molecule has 2 fully saturated rings. The van der Waals surface area contributed by atoms with Gasteiger partial charge in [-0.15, -0.1) is 0 Å². The molecule has 2 aliphatic heterocycles. The van der Waals surface area contributed by atoms with Crippen molar-refractivity contribution in [1.29, 1.82) is 0 Å². The van der Waals surface area contributed by atoms with Gasteiger partial charge in [0, 0.05) is 38.1 Å². The lowest BCUT2D eigenvalue weighted by Gasteiger charge is -2.34. The molecule has 1 aromatic carbocycles. The molecule has 0 radical (unpaired) electrons. The molecule has 1 unspecified atom stereocenters. The van der Waals surface area contributed by atoms with Crippen LogP contribution < -0.4 is 15.1 Å². The molecule has 8 nitrogen and oxygen atoms in total. The summed E-state index contributed by atoms with van der Waals surface area (Å²) in [7, 11) is 0. The molecule has 3 heterocycles. The van der Waals surface area contributed by atoms with E-state index in [1.54, 1.807) is 0 Å². The number of hydrogen-bond acceptors (Lipinski definition) is 7. The molecular weight excluding hydrogens is 418 g/mol. The number of aromatic nitrogens is 2. The molecule has 1 amide bonds. The predicted octanol–water partition coefficient (Wildman–Crippen LogP) is 3.84. The summed E-state index contributed by atoms with van der Waals surface area (Å²) in [5.41, 5.74) is 0.500. The van der Waals surface area contributed by atoms with E-state index in [2.05, 4.69) is 34.2 Å². The third-order valence-electron chi connectivity index (χ3n) is 6.14. The number of rotatable bonds is 4. The third-order valence-corrected chi connectivity index (χ3v) is 6.14. The minimum Gasteiger partial charge on any atom is -0.444 e. The number of para-hydroxylation sites is 1. The van der Waals surface area contributed by atoms with Crippen molar-refractivity contribution in [3.8, 4) is 0 Å². The maximum Gasteiger partial charge on any atom is 0.407 e. The summed E-state index contributed by atoms with van der Waals surface area (Å²) < 4.78 is 11.1. The maximum atomic E-state index is 12.0. The van der Waals surface area contributed by atoms with Gasteiger partial charge < -0.3 is 24.6 Å². The molecule has 2 saturated heterocycles. The number of carbonyl (C=O) groups is 1. The highest BCUT2D eigenvalue weighted by Gasteiger charge is 2.25. The van der Waals surface area contributed by atoms with Crippen molar-refractivity contribution in [3.05, 3.63) is 24.3 Å². The summed E-state index contributed by atoms with van der Waals surface area (Å²) in [4.78, 5) is 26.6. The van der Waals surface area contributed by atoms with E-state index in [1.165, 1.54) is 0 Å². The normalized spacial score (nSPS) is 20.5. The number of piperidine rings is 1. The second-order valence-corrected chi connectivity index (χ2v) is 10.3. The van der Waals surface area contributed by atoms with Crippen LogP contribution in [-0.2, 0) is 9.47 Å². The Morgan fingerprint density at radius 2 is 1.91 bits per heavy atom. The molecule has 0 spiro atoms. The fourth-order valence-corrected chi connectivity index (χ4v) is 4.48. The van der Waals surface area contributed by atoms with Gasteiger partial charge in [-0.1, -0.05) is 19.1 Å². The number of nitrogens with one attached hydrogen (secondary N) is 1. The summed E-state index contributed by atoms with van der Waals surface area (Å²) in [6.07, 6.45) is 1.66. The van der Waals surface area contributed by atoms with Gasteiger partial charge in [-0.05, 0) is 57.6 Å². The number of nitrogens with zero attached hydrogens (tertiary/aromatic N) is 4. The molecule has 1 aromatic heterocycles. The summed E-state index contributed by atoms with van der Waals surface area (Å²) >= 11 is 0. The standard InChI is InChI=1S/C25H37N5O3/c1-18-16-30(13-14-32-17-18)23-27-21-8-6-5-7-20(21)22(28-23)29-11-9-19(10-12-29)15-26-24(31)33-25(2,3)4/h5-8,18-19H,9-17H2,1-4H3,(H,26,31). The van der Waals surface area contributed by atoms with E-state index in [9.17, 15) is 4.79 Å². The van der Waals surface area contributed by atoms with Crippen molar-refractivity contribution in [2.45, 2.75) is 46.1 Å². The second-order valence-electron chi connectivity index (χ2n) is 10.3. The number of ether oxygens (including phenoxy) is 2. The van der Waals surface area contributed by atoms with Crippen molar-refractivity contribution in [1.82, 2.24) is 15.3 Å². The van der Waals surface area contributed by atoms with E-state index in [-0.39, 0.29) is 6.09 Å². The quantitative estimate of drug-likeness (QED) is 0.750. The molecule has 180 valence electrons. The lowest BCUT2D eigenvalue weighted by Crippen LogP contribution is -2.40. The molecule has 0 aliphatic carbocycles. The van der Waals surface area contributed by atoms with E-state index in [4.69, 9.17) is 19.4 Å². The molecule has 33 heavy (non-hydrogen) atoms. The van der Waals surface area contributed by atoms with E-state index >= 15 is 0 Å². The van der Waals surface area contributed by atoms with Crippen molar-refractivity contribution < 1.29 is 14.3 Å². The number of fused-ring (bicyclic) bond motifs is 1. The molecule has 0 saturated carbocycles. The minimum atomic E-state index is -0.476. The lowest BCUT2D eigenvalue weighted by atomic mass is 9.96. The highest BCUT2D eigenvalue weighted by Crippen LogP contribution is 2.30. The van der Waals surface area contributed by atoms with E-state index < -0.39 is 5.60 Å². The first-order valence-corrected chi connectivity index (χ1v) is 12.1. The van der Waals surface area contributed by atoms with Gasteiger partial charge >= 0.3 is 6.09 Å². The van der Waals surface area contributed by atoms with Crippen LogP contribution >= 0.6 is 0 Å². The smallest absolute Gasteiger partial charge is 0.407 e. The molecule has 1 N–H and O–H groups in total. The Balaban J connectivity index is 1.45. The SMILES string of the molecule is CC1COCCN(c2nc(N3CCC(CNC(=O)OC(C)(C)C)CC3)c3ccccc3n2)C1. The van der Waals surface area contributed by atoms with Crippen LogP contribution in [-0.4, -0.2) is 67.6 Å². The van der Waals surface area contributed by atoms with Crippen molar-refractivity contribution >= 4 is 28.8 Å². The Morgan fingerprint density at radius 3 is 2.67 bits per heavy atom. The van der Waals surface area contributed by atoms with Gasteiger partial charge in [0.05, 0.1) is 18.7 Å². The first-order valence-electron chi connectivity index (χ1n) is 12.1. The average Bonchev–Trinajstić information content (AvgIpc) is 3.00. The molecule has 1 atom stereocenters. The number of benzene rings is 1. The average molecular weight is 456 g/mol. The van der Waals surface area contributed by atoms with Crippen LogP contribution in [0.2, 0.25) is 0 Å². The van der Waals surface area contributed by atoms with Crippen molar-refractivity contribution in [3.63, 3.8) is 0 Å². The third kappa shape index (κ3) is 6.25. The predicted molar refractivity (Wildman–Crippen MR) is 131 cm³/mol. The Morgan fingerprint density at radius 1 is 1.15 bits per heavy atom. The Labute approximate surface area is 196 Å². The number of hydrogen-bond donors (Lipinski definition) is 1. The molecule has 4 rings (SSSR count).